The predicted octanol–water partition coefficient (Wildman–Crippen LogP) is 6.41. The number of carbonyl (C=O) groups is 1. The molecule has 33 heavy (non-hydrogen) atoms. The molecule has 4 nitrogen and oxygen atoms in total. The smallest absolute Gasteiger partial charge is 0.355 e. The van der Waals surface area contributed by atoms with Gasteiger partial charge in [-0.2, -0.15) is 26.3 Å². The van der Waals surface area contributed by atoms with Crippen molar-refractivity contribution in [1.29, 1.82) is 0 Å². The number of aromatic nitrogens is 1. The van der Waals surface area contributed by atoms with E-state index in [1.165, 1.54) is 0 Å². The van der Waals surface area contributed by atoms with Gasteiger partial charge in [-0.25, -0.2) is 4.98 Å². The van der Waals surface area contributed by atoms with Crippen LogP contribution in [0.4, 0.5) is 32.2 Å². The Balaban J connectivity index is 2.02. The highest BCUT2D eigenvalue weighted by Gasteiger charge is 2.59. The maximum Gasteiger partial charge on any atom is 0.416 e. The van der Waals surface area contributed by atoms with E-state index < -0.39 is 48.7 Å². The van der Waals surface area contributed by atoms with E-state index in [4.69, 9.17) is 34.8 Å². The summed E-state index contributed by atoms with van der Waals surface area (Å²) in [6.07, 6.45) is -9.12. The van der Waals surface area contributed by atoms with Crippen molar-refractivity contribution in [3.63, 3.8) is 0 Å². The molecule has 1 aromatic heterocycles. The first-order chi connectivity index (χ1) is 15.2. The van der Waals surface area contributed by atoms with Gasteiger partial charge in [0.1, 0.15) is 11.2 Å². The number of carbonyl (C=O) groups excluding carboxylic acids is 1. The summed E-state index contributed by atoms with van der Waals surface area (Å²) in [5.74, 6) is -0.812. The maximum absolute atomic E-state index is 14.3. The number of halogens is 9. The van der Waals surface area contributed by atoms with E-state index in [0.29, 0.717) is 6.07 Å². The zero-order valence-corrected chi connectivity index (χ0v) is 19.1. The van der Waals surface area contributed by atoms with Crippen molar-refractivity contribution in [1.82, 2.24) is 10.3 Å². The summed E-state index contributed by atoms with van der Waals surface area (Å²) >= 11 is 17.7. The quantitative estimate of drug-likeness (QED) is 0.364. The molecule has 1 saturated heterocycles. The molecule has 13 heteroatoms. The van der Waals surface area contributed by atoms with E-state index in [9.17, 15) is 31.1 Å². The minimum Gasteiger partial charge on any atom is -0.355 e. The third kappa shape index (κ3) is 5.12. The van der Waals surface area contributed by atoms with Crippen LogP contribution in [-0.4, -0.2) is 30.2 Å². The average Bonchev–Trinajstić information content (AvgIpc) is 3.16. The SMILES string of the molecule is CC(=O)NCc1cnc(N2CCC(c3cc(Cl)c(Cl)c(Cl)c3)(C(F)(F)F)C2)cc1C(F)(F)F. The average molecular weight is 535 g/mol. The molecule has 0 radical (unpaired) electrons. The van der Waals surface area contributed by atoms with Crippen molar-refractivity contribution in [3.8, 4) is 0 Å². The number of anilines is 1. The Bertz CT molecular complexity index is 1050. The summed E-state index contributed by atoms with van der Waals surface area (Å²) < 4.78 is 83.6. The summed E-state index contributed by atoms with van der Waals surface area (Å²) in [6, 6.07) is 2.82. The molecule has 3 rings (SSSR count). The van der Waals surface area contributed by atoms with Crippen LogP contribution >= 0.6 is 34.8 Å². The fourth-order valence-electron chi connectivity index (χ4n) is 3.74. The van der Waals surface area contributed by atoms with Crippen LogP contribution in [0, 0.1) is 0 Å². The summed E-state index contributed by atoms with van der Waals surface area (Å²) in [5, 5.41) is 1.83. The molecule has 1 N–H and O–H groups in total. The molecule has 0 bridgehead atoms. The van der Waals surface area contributed by atoms with Crippen LogP contribution < -0.4 is 10.2 Å². The number of hydrogen-bond acceptors (Lipinski definition) is 3. The lowest BCUT2D eigenvalue weighted by Gasteiger charge is -2.33. The van der Waals surface area contributed by atoms with Crippen LogP contribution in [0.1, 0.15) is 30.0 Å². The number of benzene rings is 1. The molecular formula is C20H16Cl3F6N3O. The molecule has 2 heterocycles. The van der Waals surface area contributed by atoms with E-state index in [-0.39, 0.29) is 38.6 Å². The highest BCUT2D eigenvalue weighted by Crippen LogP contribution is 2.50. The van der Waals surface area contributed by atoms with Crippen molar-refractivity contribution < 1.29 is 31.1 Å². The first kappa shape index (κ1) is 25.7. The summed E-state index contributed by atoms with van der Waals surface area (Å²) in [4.78, 5) is 16.1. The Labute approximate surface area is 199 Å². The molecule has 1 aliphatic heterocycles. The first-order valence-corrected chi connectivity index (χ1v) is 10.6. The highest BCUT2D eigenvalue weighted by atomic mass is 35.5. The van der Waals surface area contributed by atoms with Crippen molar-refractivity contribution in [2.75, 3.05) is 18.0 Å². The molecule has 1 amide bonds. The van der Waals surface area contributed by atoms with Crippen LogP contribution in [0.15, 0.2) is 24.4 Å². The number of amides is 1. The van der Waals surface area contributed by atoms with Gasteiger partial charge in [0.2, 0.25) is 5.91 Å². The van der Waals surface area contributed by atoms with Gasteiger partial charge < -0.3 is 10.2 Å². The molecule has 1 atom stereocenters. The lowest BCUT2D eigenvalue weighted by Crippen LogP contribution is -2.45. The van der Waals surface area contributed by atoms with Crippen LogP contribution in [0.5, 0.6) is 0 Å². The van der Waals surface area contributed by atoms with Crippen molar-refractivity contribution in [3.05, 3.63) is 56.2 Å². The van der Waals surface area contributed by atoms with Crippen molar-refractivity contribution in [2.24, 2.45) is 0 Å². The zero-order valence-electron chi connectivity index (χ0n) is 16.8. The van der Waals surface area contributed by atoms with Crippen LogP contribution in [-0.2, 0) is 22.9 Å². The Morgan fingerprint density at radius 2 is 1.73 bits per heavy atom. The molecule has 180 valence electrons. The Kier molecular flexibility index (Phi) is 7.04. The Morgan fingerprint density at radius 3 is 2.24 bits per heavy atom. The second-order valence-electron chi connectivity index (χ2n) is 7.61. The van der Waals surface area contributed by atoms with E-state index >= 15 is 0 Å². The van der Waals surface area contributed by atoms with Gasteiger partial charge in [0, 0.05) is 38.3 Å². The number of pyridine rings is 1. The number of nitrogens with zero attached hydrogens (tertiary/aromatic N) is 2. The molecule has 0 spiro atoms. The maximum atomic E-state index is 14.3. The fourth-order valence-corrected chi connectivity index (χ4v) is 4.33. The predicted molar refractivity (Wildman–Crippen MR) is 113 cm³/mol. The second-order valence-corrected chi connectivity index (χ2v) is 8.80. The van der Waals surface area contributed by atoms with Gasteiger partial charge in [-0.3, -0.25) is 4.79 Å². The molecule has 0 aliphatic carbocycles. The molecule has 1 fully saturated rings. The lowest BCUT2D eigenvalue weighted by molar-refractivity contribution is -0.184. The van der Waals surface area contributed by atoms with E-state index in [1.807, 2.05) is 0 Å². The summed E-state index contributed by atoms with van der Waals surface area (Å²) in [7, 11) is 0. The van der Waals surface area contributed by atoms with Crippen LogP contribution in [0.25, 0.3) is 0 Å². The topological polar surface area (TPSA) is 45.2 Å². The third-order valence-corrected chi connectivity index (χ3v) is 6.67. The minimum atomic E-state index is -4.80. The fraction of sp³-hybridized carbons (Fsp3) is 0.400. The Morgan fingerprint density at radius 1 is 1.12 bits per heavy atom. The summed E-state index contributed by atoms with van der Waals surface area (Å²) in [6.45, 7) is -0.191. The Hall–Kier alpha value is -1.91. The normalized spacial score (nSPS) is 19.2. The number of rotatable bonds is 4. The molecule has 1 unspecified atom stereocenters. The zero-order chi connectivity index (χ0) is 24.8. The molecule has 1 aromatic carbocycles. The monoisotopic (exact) mass is 533 g/mol. The molecular weight excluding hydrogens is 519 g/mol. The first-order valence-electron chi connectivity index (χ1n) is 9.43. The molecule has 1 aliphatic rings. The van der Waals surface area contributed by atoms with Gasteiger partial charge in [0.25, 0.3) is 0 Å². The van der Waals surface area contributed by atoms with Gasteiger partial charge >= 0.3 is 12.4 Å². The van der Waals surface area contributed by atoms with E-state index in [0.717, 1.165) is 30.2 Å². The highest BCUT2D eigenvalue weighted by molar-refractivity contribution is 6.48. The van der Waals surface area contributed by atoms with Gasteiger partial charge in [0.15, 0.2) is 0 Å². The van der Waals surface area contributed by atoms with Crippen molar-refractivity contribution in [2.45, 2.75) is 37.7 Å². The van der Waals surface area contributed by atoms with Gasteiger partial charge in [0.05, 0.1) is 20.6 Å². The van der Waals surface area contributed by atoms with Gasteiger partial charge in [-0.1, -0.05) is 34.8 Å². The van der Waals surface area contributed by atoms with E-state index in [2.05, 4.69) is 10.3 Å². The number of hydrogen-bond donors (Lipinski definition) is 1. The second kappa shape index (κ2) is 9.03. The summed E-state index contributed by atoms with van der Waals surface area (Å²) in [5.41, 5.74) is -4.09. The standard InChI is InChI=1S/C20H16Cl3F6N3O/c1-10(33)30-7-11-8-31-16(6-13(11)19(24,25)26)32-3-2-18(9-32,20(27,28)29)12-4-14(21)17(23)15(22)5-12/h4-6,8H,2-3,7,9H2,1H3,(H,30,33). The lowest BCUT2D eigenvalue weighted by atomic mass is 9.79. The van der Waals surface area contributed by atoms with E-state index in [1.54, 1.807) is 0 Å². The van der Waals surface area contributed by atoms with Gasteiger partial charge in [-0.05, 0) is 30.2 Å². The number of nitrogens with one attached hydrogen (secondary N) is 1. The van der Waals surface area contributed by atoms with Crippen molar-refractivity contribution >= 4 is 46.5 Å². The number of alkyl halides is 6. The van der Waals surface area contributed by atoms with Crippen LogP contribution in [0.2, 0.25) is 15.1 Å². The largest absolute Gasteiger partial charge is 0.416 e. The van der Waals surface area contributed by atoms with Gasteiger partial charge in [-0.15, -0.1) is 0 Å². The molecule has 2 aromatic rings. The minimum absolute atomic E-state index is 0.0968. The third-order valence-electron chi connectivity index (χ3n) is 5.48. The molecule has 0 saturated carbocycles. The van der Waals surface area contributed by atoms with Crippen LogP contribution in [0.3, 0.4) is 0 Å².